The number of rotatable bonds is 5. The predicted molar refractivity (Wildman–Crippen MR) is 84.9 cm³/mol. The number of hydrogen-bond acceptors (Lipinski definition) is 4. The van der Waals surface area contributed by atoms with Crippen molar-refractivity contribution in [3.63, 3.8) is 0 Å². The zero-order valence-corrected chi connectivity index (χ0v) is 14.0. The number of amides is 1. The van der Waals surface area contributed by atoms with Crippen molar-refractivity contribution in [3.05, 3.63) is 29.8 Å². The molecule has 0 saturated carbocycles. The Bertz CT molecular complexity index is 620. The van der Waals surface area contributed by atoms with Gasteiger partial charge >= 0.3 is 0 Å². The highest BCUT2D eigenvalue weighted by Crippen LogP contribution is 2.18. The van der Waals surface area contributed by atoms with Gasteiger partial charge in [0.2, 0.25) is 15.9 Å². The first-order valence-electron chi connectivity index (χ1n) is 7.38. The lowest BCUT2D eigenvalue weighted by Gasteiger charge is -2.18. The summed E-state index contributed by atoms with van der Waals surface area (Å²) in [6.45, 7) is 2.77. The van der Waals surface area contributed by atoms with Crippen LogP contribution >= 0.6 is 0 Å². The van der Waals surface area contributed by atoms with Crippen LogP contribution < -0.4 is 10.6 Å². The van der Waals surface area contributed by atoms with Crippen molar-refractivity contribution in [1.82, 2.24) is 14.9 Å². The second-order valence-corrected chi connectivity index (χ2v) is 7.89. The molecule has 0 spiro atoms. The highest BCUT2D eigenvalue weighted by molar-refractivity contribution is 7.89. The number of sulfonamides is 1. The summed E-state index contributed by atoms with van der Waals surface area (Å²) in [4.78, 5) is 12.3. The Kier molecular flexibility index (Phi) is 5.20. The van der Waals surface area contributed by atoms with E-state index < -0.39 is 10.0 Å². The van der Waals surface area contributed by atoms with Crippen LogP contribution in [-0.2, 0) is 14.8 Å². The molecule has 0 radical (unpaired) electrons. The van der Waals surface area contributed by atoms with Gasteiger partial charge in [0.1, 0.15) is 0 Å². The summed E-state index contributed by atoms with van der Waals surface area (Å²) in [6, 6.07) is 6.34. The molecular weight excluding hydrogens is 302 g/mol. The van der Waals surface area contributed by atoms with Gasteiger partial charge < -0.3 is 10.6 Å². The Morgan fingerprint density at radius 3 is 2.45 bits per heavy atom. The van der Waals surface area contributed by atoms with E-state index in [1.54, 1.807) is 24.3 Å². The molecule has 0 aliphatic carbocycles. The number of carbonyl (C=O) groups excluding carboxylic acids is 1. The van der Waals surface area contributed by atoms with Gasteiger partial charge in [0.25, 0.3) is 0 Å². The van der Waals surface area contributed by atoms with Crippen molar-refractivity contribution in [3.8, 4) is 0 Å². The van der Waals surface area contributed by atoms with E-state index in [-0.39, 0.29) is 22.9 Å². The highest BCUT2D eigenvalue weighted by atomic mass is 32.2. The average molecular weight is 325 g/mol. The van der Waals surface area contributed by atoms with Crippen molar-refractivity contribution in [2.45, 2.75) is 36.7 Å². The fourth-order valence-corrected chi connectivity index (χ4v) is 3.35. The lowest BCUT2D eigenvalue weighted by Crippen LogP contribution is -2.41. The molecule has 2 unspecified atom stereocenters. The first kappa shape index (κ1) is 16.9. The van der Waals surface area contributed by atoms with E-state index in [0.717, 1.165) is 24.9 Å². The monoisotopic (exact) mass is 325 g/mol. The Morgan fingerprint density at radius 1 is 1.32 bits per heavy atom. The van der Waals surface area contributed by atoms with Crippen LogP contribution in [0.4, 0.5) is 0 Å². The van der Waals surface area contributed by atoms with Crippen LogP contribution in [0.3, 0.4) is 0 Å². The minimum Gasteiger partial charge on any atom is -0.348 e. The van der Waals surface area contributed by atoms with Crippen molar-refractivity contribution < 1.29 is 13.2 Å². The van der Waals surface area contributed by atoms with E-state index in [9.17, 15) is 13.2 Å². The number of nitrogens with zero attached hydrogens (tertiary/aromatic N) is 1. The second-order valence-electron chi connectivity index (χ2n) is 5.74. The van der Waals surface area contributed by atoms with Crippen LogP contribution in [0, 0.1) is 0 Å². The van der Waals surface area contributed by atoms with Crippen LogP contribution in [0.15, 0.2) is 29.2 Å². The highest BCUT2D eigenvalue weighted by Gasteiger charge is 2.23. The molecule has 1 fully saturated rings. The van der Waals surface area contributed by atoms with Gasteiger partial charge in [0, 0.05) is 14.1 Å². The molecule has 0 bridgehead atoms. The Morgan fingerprint density at radius 2 is 1.95 bits per heavy atom. The van der Waals surface area contributed by atoms with Crippen LogP contribution in [0.2, 0.25) is 0 Å². The minimum absolute atomic E-state index is 0.00464. The van der Waals surface area contributed by atoms with E-state index in [1.807, 2.05) is 6.92 Å². The molecule has 1 amide bonds. The maximum Gasteiger partial charge on any atom is 0.242 e. The van der Waals surface area contributed by atoms with E-state index in [4.69, 9.17) is 0 Å². The maximum atomic E-state index is 12.1. The molecule has 122 valence electrons. The van der Waals surface area contributed by atoms with Crippen LogP contribution in [0.25, 0.3) is 0 Å². The van der Waals surface area contributed by atoms with E-state index in [2.05, 4.69) is 10.6 Å². The number of hydrogen-bond donors (Lipinski definition) is 2. The van der Waals surface area contributed by atoms with Gasteiger partial charge in [-0.05, 0) is 44.0 Å². The summed E-state index contributed by atoms with van der Waals surface area (Å²) >= 11 is 0. The second kappa shape index (κ2) is 6.76. The van der Waals surface area contributed by atoms with Gasteiger partial charge in [-0.3, -0.25) is 4.79 Å². The average Bonchev–Trinajstić information content (AvgIpc) is 3.01. The molecule has 7 heteroatoms. The first-order chi connectivity index (χ1) is 10.3. The maximum absolute atomic E-state index is 12.1. The summed E-state index contributed by atoms with van der Waals surface area (Å²) in [5.41, 5.74) is 0.879. The molecular formula is C15H23N3O3S. The lowest BCUT2D eigenvalue weighted by molar-refractivity contribution is -0.123. The molecule has 1 aromatic rings. The van der Waals surface area contributed by atoms with Crippen LogP contribution in [0.1, 0.15) is 31.4 Å². The zero-order chi connectivity index (χ0) is 16.3. The van der Waals surface area contributed by atoms with Gasteiger partial charge in [-0.1, -0.05) is 12.1 Å². The van der Waals surface area contributed by atoms with Gasteiger partial charge in [-0.15, -0.1) is 0 Å². The van der Waals surface area contributed by atoms with Crippen molar-refractivity contribution in [2.75, 3.05) is 20.6 Å². The van der Waals surface area contributed by atoms with Crippen LogP contribution in [0.5, 0.6) is 0 Å². The standard InChI is InChI=1S/C15H23N3O3S/c1-11(17-15(19)14-5-4-10-16-14)12-6-8-13(9-7-12)22(20,21)18(2)3/h6-9,11,14,16H,4-5,10H2,1-3H3,(H,17,19). The zero-order valence-electron chi connectivity index (χ0n) is 13.2. The molecule has 1 aromatic carbocycles. The van der Waals surface area contributed by atoms with Gasteiger partial charge in [0.05, 0.1) is 17.0 Å². The van der Waals surface area contributed by atoms with E-state index in [1.165, 1.54) is 18.4 Å². The van der Waals surface area contributed by atoms with Crippen molar-refractivity contribution >= 4 is 15.9 Å². The molecule has 2 N–H and O–H groups in total. The first-order valence-corrected chi connectivity index (χ1v) is 8.82. The normalized spacial score (nSPS) is 20.1. The van der Waals surface area contributed by atoms with Gasteiger partial charge in [-0.25, -0.2) is 12.7 Å². The topological polar surface area (TPSA) is 78.5 Å². The molecule has 1 aliphatic rings. The van der Waals surface area contributed by atoms with E-state index >= 15 is 0 Å². The van der Waals surface area contributed by atoms with Crippen molar-refractivity contribution in [2.24, 2.45) is 0 Å². The molecule has 2 atom stereocenters. The fraction of sp³-hybridized carbons (Fsp3) is 0.533. The molecule has 1 heterocycles. The Hall–Kier alpha value is -1.44. The molecule has 1 aliphatic heterocycles. The van der Waals surface area contributed by atoms with Gasteiger partial charge in [-0.2, -0.15) is 0 Å². The number of carbonyl (C=O) groups is 1. The fourth-order valence-electron chi connectivity index (χ4n) is 2.44. The van der Waals surface area contributed by atoms with Gasteiger partial charge in [0.15, 0.2) is 0 Å². The smallest absolute Gasteiger partial charge is 0.242 e. The SMILES string of the molecule is CC(NC(=O)C1CCCN1)c1ccc(S(=O)(=O)N(C)C)cc1. The lowest BCUT2D eigenvalue weighted by atomic mass is 10.1. The van der Waals surface area contributed by atoms with Crippen molar-refractivity contribution in [1.29, 1.82) is 0 Å². The van der Waals surface area contributed by atoms with Crippen LogP contribution in [-0.4, -0.2) is 45.3 Å². The predicted octanol–water partition coefficient (Wildman–Crippen LogP) is 0.866. The largest absolute Gasteiger partial charge is 0.348 e. The molecule has 22 heavy (non-hydrogen) atoms. The molecule has 2 rings (SSSR count). The third-order valence-corrected chi connectivity index (χ3v) is 5.72. The minimum atomic E-state index is -3.42. The summed E-state index contributed by atoms with van der Waals surface area (Å²) in [7, 11) is -0.418. The molecule has 1 saturated heterocycles. The summed E-state index contributed by atoms with van der Waals surface area (Å²) in [5, 5.41) is 6.12. The summed E-state index contributed by atoms with van der Waals surface area (Å²) < 4.78 is 25.2. The summed E-state index contributed by atoms with van der Waals surface area (Å²) in [5.74, 6) is -0.00464. The third kappa shape index (κ3) is 3.66. The molecule has 0 aromatic heterocycles. The third-order valence-electron chi connectivity index (χ3n) is 3.89. The molecule has 6 nitrogen and oxygen atoms in total. The number of nitrogens with one attached hydrogen (secondary N) is 2. The van der Waals surface area contributed by atoms with E-state index in [0.29, 0.717) is 0 Å². The summed E-state index contributed by atoms with van der Waals surface area (Å²) in [6.07, 6.45) is 1.88. The number of benzene rings is 1. The Balaban J connectivity index is 2.05. The Labute approximate surface area is 131 Å². The quantitative estimate of drug-likeness (QED) is 0.842.